The highest BCUT2D eigenvalue weighted by Gasteiger charge is 2.62. The molecule has 0 aliphatic heterocycles. The van der Waals surface area contributed by atoms with Crippen molar-refractivity contribution in [2.45, 2.75) is 70.3 Å². The third kappa shape index (κ3) is 4.37. The van der Waals surface area contributed by atoms with Gasteiger partial charge < -0.3 is 10.1 Å². The summed E-state index contributed by atoms with van der Waals surface area (Å²) in [5, 5.41) is 3.78. The molecule has 194 valence electrons. The van der Waals surface area contributed by atoms with E-state index in [2.05, 4.69) is 21.2 Å². The first-order chi connectivity index (χ1) is 17.9. The van der Waals surface area contributed by atoms with Crippen molar-refractivity contribution >= 4 is 52.3 Å². The molecule has 3 fully saturated rings. The normalized spacial score (nSPS) is 24.9. The maximum Gasteiger partial charge on any atom is 0.312 e. The van der Waals surface area contributed by atoms with E-state index in [1.807, 2.05) is 55.5 Å². The monoisotopic (exact) mass is 572 g/mol. The maximum absolute atomic E-state index is 14.0. The summed E-state index contributed by atoms with van der Waals surface area (Å²) in [7, 11) is 6.44. The fourth-order valence-electron chi connectivity index (χ4n) is 5.91. The predicted molar refractivity (Wildman–Crippen MR) is 151 cm³/mol. The highest BCUT2D eigenvalue weighted by atomic mass is 79.9. The molecule has 1 aromatic heterocycles. The lowest BCUT2D eigenvalue weighted by Gasteiger charge is -2.54. The van der Waals surface area contributed by atoms with E-state index in [4.69, 9.17) is 17.6 Å². The summed E-state index contributed by atoms with van der Waals surface area (Å²) >= 11 is 3.52. The average molecular weight is 573 g/mol. The molecule has 0 saturated heterocycles. The van der Waals surface area contributed by atoms with Crippen LogP contribution in [0.1, 0.15) is 62.4 Å². The smallest absolute Gasteiger partial charge is 0.312 e. The Labute approximate surface area is 232 Å². The van der Waals surface area contributed by atoms with E-state index in [-0.39, 0.29) is 11.7 Å². The summed E-state index contributed by atoms with van der Waals surface area (Å²) in [6, 6.07) is 15.4. The number of carbonyl (C=O) groups is 3. The fourth-order valence-corrected chi connectivity index (χ4v) is 6.27. The van der Waals surface area contributed by atoms with Crippen LogP contribution < -0.4 is 5.32 Å². The zero-order valence-corrected chi connectivity index (χ0v) is 23.6. The first-order valence-corrected chi connectivity index (χ1v) is 13.7. The Kier molecular flexibility index (Phi) is 6.53. The number of esters is 1. The lowest BCUT2D eigenvalue weighted by molar-refractivity contribution is -0.177. The molecular weight excluding hydrogens is 543 g/mol. The Bertz CT molecular complexity index is 1460. The van der Waals surface area contributed by atoms with Gasteiger partial charge >= 0.3 is 5.97 Å². The van der Waals surface area contributed by atoms with Crippen molar-refractivity contribution < 1.29 is 19.1 Å². The minimum absolute atomic E-state index is 0.310. The zero-order valence-electron chi connectivity index (χ0n) is 22.1. The molecule has 1 atom stereocenters. The van der Waals surface area contributed by atoms with Gasteiger partial charge in [-0.2, -0.15) is 0 Å². The standard InChI is InChI=1S/C30H30BBrN2O4/c1-17-22(20-16-19(32)10-11-21(20)33-23(17)18-8-6-5-7-9-18)26(36)34-30-14-12-29(13-15-30,24(31)25(30)35)27(37)38-28(2,3)4/h5-11,16,24H,12-15H2,1-4H3,(H,34,36). The molecular formula is C30H30BBrN2O4. The van der Waals surface area contributed by atoms with Gasteiger partial charge in [0.15, 0.2) is 5.78 Å². The van der Waals surface area contributed by atoms with E-state index in [0.717, 1.165) is 15.6 Å². The number of amides is 1. The average Bonchev–Trinajstić information content (AvgIpc) is 2.86. The first kappa shape index (κ1) is 26.6. The van der Waals surface area contributed by atoms with Crippen molar-refractivity contribution in [3.8, 4) is 11.3 Å². The number of carbonyl (C=O) groups excluding carboxylic acids is 3. The molecule has 2 radical (unpaired) electrons. The molecule has 1 unspecified atom stereocenters. The van der Waals surface area contributed by atoms with Crippen molar-refractivity contribution in [1.29, 1.82) is 0 Å². The molecule has 2 bridgehead atoms. The first-order valence-electron chi connectivity index (χ1n) is 12.9. The lowest BCUT2D eigenvalue weighted by atomic mass is 9.46. The second-order valence-electron chi connectivity index (χ2n) is 11.5. The van der Waals surface area contributed by atoms with Crippen LogP contribution in [0.15, 0.2) is 53.0 Å². The largest absolute Gasteiger partial charge is 0.460 e. The van der Waals surface area contributed by atoms with Crippen molar-refractivity contribution in [1.82, 2.24) is 10.3 Å². The number of rotatable bonds is 4. The summed E-state index contributed by atoms with van der Waals surface area (Å²) in [6.45, 7) is 7.28. The van der Waals surface area contributed by atoms with Gasteiger partial charge in [-0.3, -0.25) is 14.4 Å². The second kappa shape index (κ2) is 9.33. The second-order valence-corrected chi connectivity index (χ2v) is 12.4. The number of ketones is 1. The van der Waals surface area contributed by atoms with Crippen LogP contribution in [-0.2, 0) is 14.3 Å². The molecule has 3 saturated carbocycles. The fraction of sp³-hybridized carbons (Fsp3) is 0.400. The van der Waals surface area contributed by atoms with Gasteiger partial charge in [-0.25, -0.2) is 4.98 Å². The summed E-state index contributed by atoms with van der Waals surface area (Å²) in [5.74, 6) is -2.13. The summed E-state index contributed by atoms with van der Waals surface area (Å²) < 4.78 is 6.48. The van der Waals surface area contributed by atoms with Gasteiger partial charge in [-0.05, 0) is 83.0 Å². The molecule has 0 spiro atoms. The third-order valence-corrected chi connectivity index (χ3v) is 8.46. The van der Waals surface area contributed by atoms with Crippen molar-refractivity contribution in [2.24, 2.45) is 5.41 Å². The topological polar surface area (TPSA) is 85.4 Å². The van der Waals surface area contributed by atoms with Crippen LogP contribution >= 0.6 is 15.9 Å². The highest BCUT2D eigenvalue weighted by molar-refractivity contribution is 9.10. The Morgan fingerprint density at radius 1 is 1.08 bits per heavy atom. The SMILES string of the molecule is [B]C1C(=O)C2(NC(=O)c3c(C)c(-c4ccccc4)nc4ccc(Br)cc34)CCC1(C(=O)OC(C)(C)C)CC2. The lowest BCUT2D eigenvalue weighted by Crippen LogP contribution is -2.66. The van der Waals surface area contributed by atoms with E-state index in [1.54, 1.807) is 20.8 Å². The molecule has 8 heteroatoms. The Hall–Kier alpha value is -3.00. The van der Waals surface area contributed by atoms with E-state index in [9.17, 15) is 14.4 Å². The van der Waals surface area contributed by atoms with Crippen LogP contribution in [0, 0.1) is 12.3 Å². The minimum atomic E-state index is -1.12. The van der Waals surface area contributed by atoms with Crippen LogP contribution in [0.5, 0.6) is 0 Å². The van der Waals surface area contributed by atoms with Crippen molar-refractivity contribution in [3.05, 3.63) is 64.1 Å². The number of fused-ring (bicyclic) bond motifs is 4. The van der Waals surface area contributed by atoms with Gasteiger partial charge in [0.2, 0.25) is 0 Å². The number of pyridine rings is 1. The molecule has 1 N–H and O–H groups in total. The Morgan fingerprint density at radius 3 is 2.37 bits per heavy atom. The van der Waals surface area contributed by atoms with E-state index in [1.165, 1.54) is 0 Å². The molecule has 6 nitrogen and oxygen atoms in total. The van der Waals surface area contributed by atoms with Gasteiger partial charge in [-0.15, -0.1) is 0 Å². The highest BCUT2D eigenvalue weighted by Crippen LogP contribution is 2.56. The molecule has 3 aliphatic rings. The Balaban J connectivity index is 1.52. The van der Waals surface area contributed by atoms with Gasteiger partial charge in [0, 0.05) is 15.4 Å². The Morgan fingerprint density at radius 2 is 1.74 bits per heavy atom. The van der Waals surface area contributed by atoms with Crippen LogP contribution in [0.3, 0.4) is 0 Å². The molecule has 1 amide bonds. The number of hydrogen-bond acceptors (Lipinski definition) is 5. The van der Waals surface area contributed by atoms with Crippen LogP contribution in [0.4, 0.5) is 0 Å². The molecule has 3 aliphatic carbocycles. The molecule has 1 heterocycles. The number of ether oxygens (including phenoxy) is 1. The minimum Gasteiger partial charge on any atom is -0.460 e. The number of nitrogens with one attached hydrogen (secondary N) is 1. The number of benzene rings is 2. The van der Waals surface area contributed by atoms with Gasteiger partial charge in [0.05, 0.1) is 35.6 Å². The molecule has 6 rings (SSSR count). The number of halogens is 1. The van der Waals surface area contributed by atoms with Crippen LogP contribution in [0.25, 0.3) is 22.2 Å². The number of hydrogen-bond donors (Lipinski definition) is 1. The zero-order chi connectivity index (χ0) is 27.5. The predicted octanol–water partition coefficient (Wildman–Crippen LogP) is 5.88. The number of aromatic nitrogens is 1. The summed E-state index contributed by atoms with van der Waals surface area (Å²) in [6.07, 6.45) is 1.43. The maximum atomic E-state index is 14.0. The van der Waals surface area contributed by atoms with Crippen LogP contribution in [0.2, 0.25) is 5.82 Å². The number of Topliss-reactive ketones (excluding diaryl/α,β-unsaturated/α-hetero) is 1. The van der Waals surface area contributed by atoms with Crippen molar-refractivity contribution in [2.75, 3.05) is 0 Å². The molecule has 2 aromatic carbocycles. The number of nitrogens with zero attached hydrogens (tertiary/aromatic N) is 1. The van der Waals surface area contributed by atoms with E-state index >= 15 is 0 Å². The van der Waals surface area contributed by atoms with Crippen molar-refractivity contribution in [3.63, 3.8) is 0 Å². The van der Waals surface area contributed by atoms with Gasteiger partial charge in [0.25, 0.3) is 5.91 Å². The summed E-state index contributed by atoms with van der Waals surface area (Å²) in [5.41, 5.74) is 0.629. The third-order valence-electron chi connectivity index (χ3n) is 7.97. The van der Waals surface area contributed by atoms with Gasteiger partial charge in [-0.1, -0.05) is 46.3 Å². The summed E-state index contributed by atoms with van der Waals surface area (Å²) in [4.78, 5) is 45.7. The molecule has 3 aromatic rings. The molecule has 38 heavy (non-hydrogen) atoms. The quantitative estimate of drug-likeness (QED) is 0.311. The van der Waals surface area contributed by atoms with Crippen LogP contribution in [-0.4, -0.2) is 41.6 Å². The van der Waals surface area contributed by atoms with E-state index in [0.29, 0.717) is 47.8 Å². The van der Waals surface area contributed by atoms with Gasteiger partial charge in [0.1, 0.15) is 5.60 Å². The van der Waals surface area contributed by atoms with E-state index < -0.39 is 28.3 Å².